The zero-order chi connectivity index (χ0) is 36.0. The summed E-state index contributed by atoms with van der Waals surface area (Å²) < 4.78 is 0. The summed E-state index contributed by atoms with van der Waals surface area (Å²) in [7, 11) is 0. The smallest absolute Gasteiger partial charge is 0.122 e. The van der Waals surface area contributed by atoms with Crippen LogP contribution in [0.3, 0.4) is 0 Å². The van der Waals surface area contributed by atoms with Crippen LogP contribution in [0.15, 0.2) is 48.5 Å². The van der Waals surface area contributed by atoms with Gasteiger partial charge in [0.05, 0.1) is 0 Å². The molecule has 260 valence electrons. The van der Waals surface area contributed by atoms with E-state index in [1.54, 1.807) is 0 Å². The molecule has 0 amide bonds. The fourth-order valence-corrected chi connectivity index (χ4v) is 8.41. The van der Waals surface area contributed by atoms with E-state index in [2.05, 4.69) is 128 Å². The minimum atomic E-state index is -0.160. The predicted molar refractivity (Wildman–Crippen MR) is 201 cm³/mol. The van der Waals surface area contributed by atoms with Crippen molar-refractivity contribution in [1.82, 2.24) is 0 Å². The number of phenols is 3. The van der Waals surface area contributed by atoms with Crippen LogP contribution in [0.5, 0.6) is 17.2 Å². The van der Waals surface area contributed by atoms with Gasteiger partial charge in [0.2, 0.25) is 0 Å². The highest BCUT2D eigenvalue weighted by molar-refractivity contribution is 5.53. The van der Waals surface area contributed by atoms with Crippen LogP contribution in [0.4, 0.5) is 0 Å². The first-order valence-electron chi connectivity index (χ1n) is 17.6. The summed E-state index contributed by atoms with van der Waals surface area (Å²) in [4.78, 5) is 0. The van der Waals surface area contributed by atoms with Gasteiger partial charge in [-0.25, -0.2) is 0 Å². The molecule has 0 aromatic heterocycles. The van der Waals surface area contributed by atoms with Crippen molar-refractivity contribution in [2.45, 2.75) is 152 Å². The Kier molecular flexibility index (Phi) is 10.8. The zero-order valence-corrected chi connectivity index (χ0v) is 32.5. The van der Waals surface area contributed by atoms with Crippen LogP contribution in [-0.4, -0.2) is 15.3 Å². The largest absolute Gasteiger partial charge is 0.508 e. The molecule has 0 bridgehead atoms. The highest BCUT2D eigenvalue weighted by Crippen LogP contribution is 2.43. The number of benzene rings is 3. The van der Waals surface area contributed by atoms with Crippen LogP contribution >= 0.6 is 0 Å². The van der Waals surface area contributed by atoms with Crippen molar-refractivity contribution >= 4 is 0 Å². The molecule has 0 saturated carbocycles. The molecule has 3 aromatic rings. The second-order valence-corrected chi connectivity index (χ2v) is 20.0. The van der Waals surface area contributed by atoms with Crippen molar-refractivity contribution in [2.75, 3.05) is 0 Å². The van der Waals surface area contributed by atoms with E-state index in [-0.39, 0.29) is 49.7 Å². The molecule has 3 rings (SSSR count). The first kappa shape index (κ1) is 38.5. The number of hydrogen-bond donors (Lipinski definition) is 3. The molecule has 3 nitrogen and oxygen atoms in total. The van der Waals surface area contributed by atoms with Crippen LogP contribution < -0.4 is 0 Å². The standard InChI is InChI=1S/C44H66O3/c1-39(2,3)26-42(10,11)33-16-18-36(45)29(22-33)20-31-24-35(44(14,15)28-41(7,8)9)25-32(38(31)47)21-30-23-34(17-19-37(30)46)43(12,13)27-40(4,5)6/h16-19,22-25,45-47H,20-21,26-28H2,1-15H3. The van der Waals surface area contributed by atoms with Gasteiger partial charge in [0, 0.05) is 12.8 Å². The third-order valence-corrected chi connectivity index (χ3v) is 9.45. The Bertz CT molecular complexity index is 1450. The Balaban J connectivity index is 2.17. The molecule has 0 spiro atoms. The third kappa shape index (κ3) is 10.5. The molecule has 0 atom stereocenters. The lowest BCUT2D eigenvalue weighted by molar-refractivity contribution is 0.283. The lowest BCUT2D eigenvalue weighted by Gasteiger charge is -2.34. The van der Waals surface area contributed by atoms with Gasteiger partial charge in [-0.15, -0.1) is 0 Å². The number of hydrogen-bond acceptors (Lipinski definition) is 3. The van der Waals surface area contributed by atoms with Crippen molar-refractivity contribution < 1.29 is 15.3 Å². The monoisotopic (exact) mass is 643 g/mol. The third-order valence-electron chi connectivity index (χ3n) is 9.45. The van der Waals surface area contributed by atoms with Crippen molar-refractivity contribution in [3.8, 4) is 17.2 Å². The SMILES string of the molecule is CC(C)(C)CC(C)(C)c1ccc(O)c(Cc2cc(C(C)(C)CC(C)(C)C)cc(Cc3cc(C(C)(C)CC(C)(C)C)ccc3O)c2O)c1. The lowest BCUT2D eigenvalue weighted by Crippen LogP contribution is -2.25. The summed E-state index contributed by atoms with van der Waals surface area (Å²) in [6.45, 7) is 34.0. The van der Waals surface area contributed by atoms with Crippen LogP contribution in [0, 0.1) is 16.2 Å². The topological polar surface area (TPSA) is 60.7 Å². The molecule has 0 aliphatic carbocycles. The summed E-state index contributed by atoms with van der Waals surface area (Å²) in [6, 6.07) is 16.2. The molecule has 0 saturated heterocycles. The number of rotatable bonds is 10. The van der Waals surface area contributed by atoms with Gasteiger partial charge in [0.15, 0.2) is 0 Å². The minimum absolute atomic E-state index is 0.0756. The normalized spacial score (nSPS) is 13.7. The molecular formula is C44H66O3. The average molecular weight is 643 g/mol. The predicted octanol–water partition coefficient (Wildman–Crippen LogP) is 12.1. The summed E-state index contributed by atoms with van der Waals surface area (Å²) in [6.07, 6.45) is 3.80. The van der Waals surface area contributed by atoms with E-state index in [0.29, 0.717) is 12.8 Å². The minimum Gasteiger partial charge on any atom is -0.508 e. The first-order valence-corrected chi connectivity index (χ1v) is 17.6. The van der Waals surface area contributed by atoms with E-state index < -0.39 is 0 Å². The Labute approximate surface area is 287 Å². The van der Waals surface area contributed by atoms with E-state index in [0.717, 1.165) is 47.1 Å². The van der Waals surface area contributed by atoms with E-state index in [4.69, 9.17) is 0 Å². The van der Waals surface area contributed by atoms with Crippen LogP contribution in [-0.2, 0) is 29.1 Å². The molecule has 3 N–H and O–H groups in total. The Morgan fingerprint density at radius 3 is 0.957 bits per heavy atom. The maximum absolute atomic E-state index is 11.9. The van der Waals surface area contributed by atoms with Crippen molar-refractivity contribution in [2.24, 2.45) is 16.2 Å². The molecule has 0 radical (unpaired) electrons. The fraction of sp³-hybridized carbons (Fsp3) is 0.591. The summed E-state index contributed by atoms with van der Waals surface area (Å²) in [5.74, 6) is 0.719. The molecule has 47 heavy (non-hydrogen) atoms. The fourth-order valence-electron chi connectivity index (χ4n) is 8.41. The second kappa shape index (κ2) is 13.2. The molecule has 0 aliphatic heterocycles. The van der Waals surface area contributed by atoms with E-state index in [1.807, 2.05) is 24.3 Å². The quantitative estimate of drug-likeness (QED) is 0.206. The van der Waals surface area contributed by atoms with Crippen LogP contribution in [0.25, 0.3) is 0 Å². The number of phenolic OH excluding ortho intramolecular Hbond substituents is 3. The molecular weight excluding hydrogens is 576 g/mol. The average Bonchev–Trinajstić information content (AvgIpc) is 2.84. The maximum atomic E-state index is 11.9. The van der Waals surface area contributed by atoms with Crippen molar-refractivity contribution in [3.63, 3.8) is 0 Å². The van der Waals surface area contributed by atoms with Crippen molar-refractivity contribution in [1.29, 1.82) is 0 Å². The highest BCUT2D eigenvalue weighted by Gasteiger charge is 2.31. The molecule has 0 unspecified atom stereocenters. The van der Waals surface area contributed by atoms with Gasteiger partial charge in [-0.2, -0.15) is 0 Å². The van der Waals surface area contributed by atoms with Crippen LogP contribution in [0.1, 0.15) is 162 Å². The Morgan fingerprint density at radius 2 is 0.660 bits per heavy atom. The van der Waals surface area contributed by atoms with Gasteiger partial charge >= 0.3 is 0 Å². The Morgan fingerprint density at radius 1 is 0.383 bits per heavy atom. The molecule has 0 fully saturated rings. The summed E-state index contributed by atoms with van der Waals surface area (Å²) in [5, 5.41) is 34.1. The van der Waals surface area contributed by atoms with E-state index in [9.17, 15) is 15.3 Å². The number of aromatic hydroxyl groups is 3. The van der Waals surface area contributed by atoms with Crippen molar-refractivity contribution in [3.05, 3.63) is 87.5 Å². The van der Waals surface area contributed by atoms with Gasteiger partial charge in [0.1, 0.15) is 17.2 Å². The van der Waals surface area contributed by atoms with E-state index >= 15 is 0 Å². The van der Waals surface area contributed by atoms with E-state index in [1.165, 1.54) is 11.1 Å². The zero-order valence-electron chi connectivity index (χ0n) is 32.5. The van der Waals surface area contributed by atoms with Crippen LogP contribution in [0.2, 0.25) is 0 Å². The lowest BCUT2D eigenvalue weighted by atomic mass is 9.71. The maximum Gasteiger partial charge on any atom is 0.122 e. The molecule has 3 heteroatoms. The van der Waals surface area contributed by atoms with Gasteiger partial charge in [-0.1, -0.05) is 140 Å². The van der Waals surface area contributed by atoms with Gasteiger partial charge < -0.3 is 15.3 Å². The molecule has 3 aromatic carbocycles. The molecule has 0 heterocycles. The highest BCUT2D eigenvalue weighted by atomic mass is 16.3. The van der Waals surface area contributed by atoms with Gasteiger partial charge in [0.25, 0.3) is 0 Å². The first-order chi connectivity index (χ1) is 21.1. The summed E-state index contributed by atoms with van der Waals surface area (Å²) >= 11 is 0. The van der Waals surface area contributed by atoms with Gasteiger partial charge in [-0.3, -0.25) is 0 Å². The Hall–Kier alpha value is -2.94. The second-order valence-electron chi connectivity index (χ2n) is 20.0. The molecule has 0 aliphatic rings. The van der Waals surface area contributed by atoms with Gasteiger partial charge in [-0.05, 0) is 103 Å². The summed E-state index contributed by atoms with van der Waals surface area (Å²) in [5.41, 5.74) is 6.85.